The number of amidine groups is 1. The predicted octanol–water partition coefficient (Wildman–Crippen LogP) is 2.82. The Labute approximate surface area is 223 Å². The van der Waals surface area contributed by atoms with E-state index in [9.17, 15) is 9.59 Å². The van der Waals surface area contributed by atoms with Crippen LogP contribution in [-0.2, 0) is 0 Å². The number of aliphatic imine (C=N–C) groups is 1. The van der Waals surface area contributed by atoms with E-state index in [1.165, 1.54) is 11.3 Å². The van der Waals surface area contributed by atoms with Crippen LogP contribution in [0.3, 0.4) is 0 Å². The van der Waals surface area contributed by atoms with Gasteiger partial charge in [0.1, 0.15) is 11.5 Å². The first-order valence-corrected chi connectivity index (χ1v) is 13.5. The van der Waals surface area contributed by atoms with Crippen LogP contribution in [0.5, 0.6) is 0 Å². The molecular formula is C26H27N9O2S. The molecule has 194 valence electrons. The van der Waals surface area contributed by atoms with Crippen molar-refractivity contribution < 1.29 is 9.59 Å². The van der Waals surface area contributed by atoms with Crippen molar-refractivity contribution in [2.24, 2.45) is 4.99 Å². The van der Waals surface area contributed by atoms with E-state index in [2.05, 4.69) is 35.9 Å². The van der Waals surface area contributed by atoms with Crippen LogP contribution in [0.2, 0.25) is 0 Å². The number of aryl methyl sites for hydroxylation is 2. The van der Waals surface area contributed by atoms with Crippen molar-refractivity contribution in [1.82, 2.24) is 35.0 Å². The minimum absolute atomic E-state index is 0.135. The van der Waals surface area contributed by atoms with E-state index in [0.29, 0.717) is 41.5 Å². The van der Waals surface area contributed by atoms with Crippen LogP contribution in [0.1, 0.15) is 61.7 Å². The van der Waals surface area contributed by atoms with Gasteiger partial charge < -0.3 is 15.5 Å². The number of carbonyl (C=O) groups is 2. The standard InChI is InChI=1S/C26H27N9O2S/c1-15-12-21-31-32-22(16(2)35(21)33-15)26(37)34-10-6-17(7-11-34)25-30-20(14-38-25)24(36)29-19-5-3-4-18(13-19)23-27-8-9-28-23/h3-5,12-14,17H,6-11H2,1-2H3,(H,27,28)(H,29,36). The van der Waals surface area contributed by atoms with Crippen LogP contribution in [0, 0.1) is 13.8 Å². The molecule has 5 heterocycles. The molecule has 12 heteroatoms. The Bertz CT molecular complexity index is 1570. The normalized spacial score (nSPS) is 15.9. The van der Waals surface area contributed by atoms with Gasteiger partial charge in [-0.2, -0.15) is 5.10 Å². The van der Waals surface area contributed by atoms with Crippen molar-refractivity contribution in [2.45, 2.75) is 32.6 Å². The zero-order valence-corrected chi connectivity index (χ0v) is 22.0. The van der Waals surface area contributed by atoms with Gasteiger partial charge in [-0.25, -0.2) is 9.50 Å². The molecule has 3 aromatic heterocycles. The number of carbonyl (C=O) groups excluding carboxylic acids is 2. The van der Waals surface area contributed by atoms with Gasteiger partial charge in [-0.05, 0) is 38.8 Å². The Hall–Kier alpha value is -4.19. The highest BCUT2D eigenvalue weighted by Crippen LogP contribution is 2.31. The van der Waals surface area contributed by atoms with Crippen LogP contribution in [0.15, 0.2) is 40.7 Å². The van der Waals surface area contributed by atoms with Crippen molar-refractivity contribution in [3.63, 3.8) is 0 Å². The van der Waals surface area contributed by atoms with Gasteiger partial charge in [-0.3, -0.25) is 14.6 Å². The minimum Gasteiger partial charge on any atom is -0.368 e. The van der Waals surface area contributed by atoms with Gasteiger partial charge in [0, 0.05) is 48.2 Å². The first-order chi connectivity index (χ1) is 18.5. The zero-order chi connectivity index (χ0) is 26.2. The van der Waals surface area contributed by atoms with Crippen LogP contribution in [-0.4, -0.2) is 73.5 Å². The SMILES string of the molecule is Cc1cc2nnc(C(=O)N3CCC(c4nc(C(=O)Nc5cccc(C6=NCCN6)c5)cs4)CC3)c(C)n2n1. The molecule has 0 aliphatic carbocycles. The molecule has 0 radical (unpaired) electrons. The number of aromatic nitrogens is 5. The Morgan fingerprint density at radius 3 is 2.76 bits per heavy atom. The summed E-state index contributed by atoms with van der Waals surface area (Å²) < 4.78 is 1.67. The number of benzene rings is 1. The van der Waals surface area contributed by atoms with Gasteiger partial charge in [-0.1, -0.05) is 12.1 Å². The quantitative estimate of drug-likeness (QED) is 0.407. The first-order valence-electron chi connectivity index (χ1n) is 12.6. The predicted molar refractivity (Wildman–Crippen MR) is 144 cm³/mol. The fourth-order valence-electron chi connectivity index (χ4n) is 4.86. The summed E-state index contributed by atoms with van der Waals surface area (Å²) in [6.45, 7) is 6.49. The van der Waals surface area contributed by atoms with Crippen molar-refractivity contribution >= 4 is 40.3 Å². The molecule has 4 aromatic rings. The highest BCUT2D eigenvalue weighted by atomic mass is 32.1. The molecule has 0 unspecified atom stereocenters. The summed E-state index contributed by atoms with van der Waals surface area (Å²) in [6, 6.07) is 9.47. The average molecular weight is 530 g/mol. The lowest BCUT2D eigenvalue weighted by atomic mass is 9.97. The molecule has 38 heavy (non-hydrogen) atoms. The Balaban J connectivity index is 1.08. The largest absolute Gasteiger partial charge is 0.368 e. The number of piperidine rings is 1. The monoisotopic (exact) mass is 529 g/mol. The lowest BCUT2D eigenvalue weighted by Gasteiger charge is -2.31. The number of hydrogen-bond acceptors (Lipinski definition) is 9. The number of nitrogens with one attached hydrogen (secondary N) is 2. The third kappa shape index (κ3) is 4.62. The Kier molecular flexibility index (Phi) is 6.32. The number of amides is 2. The van der Waals surface area contributed by atoms with Gasteiger partial charge >= 0.3 is 0 Å². The van der Waals surface area contributed by atoms with E-state index in [1.54, 1.807) is 9.90 Å². The van der Waals surface area contributed by atoms with Gasteiger partial charge in [0.15, 0.2) is 11.3 Å². The highest BCUT2D eigenvalue weighted by Gasteiger charge is 2.29. The van der Waals surface area contributed by atoms with E-state index in [-0.39, 0.29) is 17.7 Å². The van der Waals surface area contributed by atoms with E-state index in [0.717, 1.165) is 48.0 Å². The summed E-state index contributed by atoms with van der Waals surface area (Å²) >= 11 is 1.49. The summed E-state index contributed by atoms with van der Waals surface area (Å²) in [4.78, 5) is 37.0. The van der Waals surface area contributed by atoms with Gasteiger partial charge in [-0.15, -0.1) is 21.5 Å². The van der Waals surface area contributed by atoms with Crippen LogP contribution in [0.25, 0.3) is 5.65 Å². The fraction of sp³-hybridized carbons (Fsp3) is 0.346. The third-order valence-corrected chi connectivity index (χ3v) is 7.89. The summed E-state index contributed by atoms with van der Waals surface area (Å²) in [5.74, 6) is 0.672. The summed E-state index contributed by atoms with van der Waals surface area (Å²) in [7, 11) is 0. The maximum atomic E-state index is 13.2. The second kappa shape index (κ2) is 9.93. The molecule has 2 N–H and O–H groups in total. The molecule has 2 amide bonds. The molecule has 2 aliphatic heterocycles. The van der Waals surface area contributed by atoms with Crippen molar-refractivity contribution in [3.8, 4) is 0 Å². The number of thiazole rings is 1. The maximum Gasteiger partial charge on any atom is 0.276 e. The van der Waals surface area contributed by atoms with E-state index >= 15 is 0 Å². The van der Waals surface area contributed by atoms with Gasteiger partial charge in [0.25, 0.3) is 11.8 Å². The topological polar surface area (TPSA) is 130 Å². The Morgan fingerprint density at radius 1 is 1.13 bits per heavy atom. The average Bonchev–Trinajstić information content (AvgIpc) is 3.70. The lowest BCUT2D eigenvalue weighted by Crippen LogP contribution is -2.39. The first kappa shape index (κ1) is 24.2. The summed E-state index contributed by atoms with van der Waals surface area (Å²) in [5, 5.41) is 21.7. The van der Waals surface area contributed by atoms with Crippen LogP contribution < -0.4 is 10.6 Å². The van der Waals surface area contributed by atoms with Crippen LogP contribution in [0.4, 0.5) is 5.69 Å². The van der Waals surface area contributed by atoms with E-state index < -0.39 is 0 Å². The molecule has 1 aromatic carbocycles. The molecule has 2 aliphatic rings. The highest BCUT2D eigenvalue weighted by molar-refractivity contribution is 7.10. The smallest absolute Gasteiger partial charge is 0.276 e. The molecule has 11 nitrogen and oxygen atoms in total. The number of likely N-dealkylation sites (tertiary alicyclic amines) is 1. The van der Waals surface area contributed by atoms with Crippen molar-refractivity contribution in [3.05, 3.63) is 69.1 Å². The van der Waals surface area contributed by atoms with Crippen LogP contribution >= 0.6 is 11.3 Å². The summed E-state index contributed by atoms with van der Waals surface area (Å²) in [6.07, 6.45) is 1.54. The second-order valence-corrected chi connectivity index (χ2v) is 10.4. The molecule has 1 fully saturated rings. The Morgan fingerprint density at radius 2 is 1.97 bits per heavy atom. The molecule has 6 rings (SSSR count). The number of rotatable bonds is 5. The molecule has 0 saturated carbocycles. The number of hydrogen-bond donors (Lipinski definition) is 2. The number of anilines is 1. The van der Waals surface area contributed by atoms with E-state index in [4.69, 9.17) is 0 Å². The second-order valence-electron chi connectivity index (χ2n) is 9.52. The zero-order valence-electron chi connectivity index (χ0n) is 21.1. The fourth-order valence-corrected chi connectivity index (χ4v) is 5.84. The summed E-state index contributed by atoms with van der Waals surface area (Å²) in [5.41, 5.74) is 4.52. The minimum atomic E-state index is -0.239. The molecular weight excluding hydrogens is 502 g/mol. The molecule has 0 bridgehead atoms. The lowest BCUT2D eigenvalue weighted by molar-refractivity contribution is 0.0704. The molecule has 0 atom stereocenters. The number of fused-ring (bicyclic) bond motifs is 1. The van der Waals surface area contributed by atoms with Gasteiger partial charge in [0.2, 0.25) is 0 Å². The molecule has 1 saturated heterocycles. The third-order valence-electron chi connectivity index (χ3n) is 6.88. The van der Waals surface area contributed by atoms with Gasteiger partial charge in [0.05, 0.1) is 22.9 Å². The molecule has 0 spiro atoms. The number of nitrogens with zero attached hydrogens (tertiary/aromatic N) is 7. The van der Waals surface area contributed by atoms with Crippen molar-refractivity contribution in [2.75, 3.05) is 31.5 Å². The maximum absolute atomic E-state index is 13.2. The van der Waals surface area contributed by atoms with E-state index in [1.807, 2.05) is 49.1 Å². The van der Waals surface area contributed by atoms with Crippen molar-refractivity contribution in [1.29, 1.82) is 0 Å².